The van der Waals surface area contributed by atoms with Crippen LogP contribution in [0.5, 0.6) is 0 Å². The van der Waals surface area contributed by atoms with Gasteiger partial charge in [-0.15, -0.1) is 0 Å². The molecule has 0 saturated carbocycles. The minimum atomic E-state index is 0.215. The summed E-state index contributed by atoms with van der Waals surface area (Å²) in [6.45, 7) is 10.3. The Kier molecular flexibility index (Phi) is 11.1. The van der Waals surface area contributed by atoms with Gasteiger partial charge >= 0.3 is 0 Å². The molecule has 1 unspecified atom stereocenters. The second kappa shape index (κ2) is 13.6. The van der Waals surface area contributed by atoms with Gasteiger partial charge in [-0.2, -0.15) is 0 Å². The highest BCUT2D eigenvalue weighted by atomic mass is 16.5. The minimum absolute atomic E-state index is 0.215. The largest absolute Gasteiger partial charge is 0.381 e. The van der Waals surface area contributed by atoms with Crippen molar-refractivity contribution in [2.24, 2.45) is 16.8 Å². The summed E-state index contributed by atoms with van der Waals surface area (Å²) in [6.07, 6.45) is 5.25. The molecule has 178 valence electrons. The lowest BCUT2D eigenvalue weighted by Gasteiger charge is -2.35. The predicted molar refractivity (Wildman–Crippen MR) is 124 cm³/mol. The normalized spacial score (nSPS) is 19.8. The number of hydrogen-bond acceptors (Lipinski definition) is 4. The van der Waals surface area contributed by atoms with Gasteiger partial charge < -0.3 is 24.8 Å². The Morgan fingerprint density at radius 1 is 1.10 bits per heavy atom. The van der Waals surface area contributed by atoms with Gasteiger partial charge in [0.05, 0.1) is 6.61 Å². The highest BCUT2D eigenvalue weighted by Gasteiger charge is 2.24. The van der Waals surface area contributed by atoms with Gasteiger partial charge in [-0.3, -0.25) is 14.6 Å². The maximum Gasteiger partial charge on any atom is 0.222 e. The van der Waals surface area contributed by atoms with Crippen molar-refractivity contribution in [3.8, 4) is 0 Å². The van der Waals surface area contributed by atoms with Gasteiger partial charge in [0.2, 0.25) is 11.8 Å². The van der Waals surface area contributed by atoms with Gasteiger partial charge in [0.1, 0.15) is 0 Å². The summed E-state index contributed by atoms with van der Waals surface area (Å²) < 4.78 is 5.45. The molecule has 1 N–H and O–H groups in total. The van der Waals surface area contributed by atoms with Crippen molar-refractivity contribution in [2.75, 3.05) is 66.6 Å². The summed E-state index contributed by atoms with van der Waals surface area (Å²) in [5.74, 6) is 2.33. The van der Waals surface area contributed by atoms with Crippen LogP contribution in [-0.2, 0) is 14.3 Å². The Morgan fingerprint density at radius 3 is 2.35 bits per heavy atom. The molecule has 0 spiro atoms. The molecule has 0 aliphatic carbocycles. The molecular weight excluding hydrogens is 394 g/mol. The highest BCUT2D eigenvalue weighted by molar-refractivity contribution is 5.79. The molecule has 0 radical (unpaired) electrons. The van der Waals surface area contributed by atoms with E-state index in [0.29, 0.717) is 50.9 Å². The van der Waals surface area contributed by atoms with Crippen molar-refractivity contribution >= 4 is 17.8 Å². The number of piperazine rings is 1. The number of nitrogens with one attached hydrogen (secondary N) is 1. The zero-order valence-corrected chi connectivity index (χ0v) is 20.1. The quantitative estimate of drug-likeness (QED) is 0.320. The zero-order valence-electron chi connectivity index (χ0n) is 20.1. The number of hydrogen-bond donors (Lipinski definition) is 1. The van der Waals surface area contributed by atoms with Crippen molar-refractivity contribution in [1.82, 2.24) is 20.0 Å². The third kappa shape index (κ3) is 9.05. The SMILES string of the molecule is CN=C(NCCCCCC(=O)N1CCN(C(=O)CC(C)C)CC1)N(C)CC1CCOC1. The zero-order chi connectivity index (χ0) is 22.6. The van der Waals surface area contributed by atoms with E-state index < -0.39 is 0 Å². The van der Waals surface area contributed by atoms with Gasteiger partial charge in [-0.25, -0.2) is 0 Å². The summed E-state index contributed by atoms with van der Waals surface area (Å²) in [6, 6.07) is 0. The van der Waals surface area contributed by atoms with E-state index >= 15 is 0 Å². The second-order valence-corrected chi connectivity index (χ2v) is 9.25. The summed E-state index contributed by atoms with van der Waals surface area (Å²) in [5, 5.41) is 3.43. The fourth-order valence-electron chi connectivity index (χ4n) is 4.21. The van der Waals surface area contributed by atoms with Gasteiger partial charge in [0.25, 0.3) is 0 Å². The Morgan fingerprint density at radius 2 is 1.77 bits per heavy atom. The van der Waals surface area contributed by atoms with Crippen molar-refractivity contribution in [3.05, 3.63) is 0 Å². The van der Waals surface area contributed by atoms with E-state index in [2.05, 4.69) is 36.1 Å². The number of carbonyl (C=O) groups is 2. The molecule has 0 aromatic heterocycles. The number of ether oxygens (including phenoxy) is 1. The molecular formula is C23H43N5O3. The van der Waals surface area contributed by atoms with Crippen LogP contribution in [-0.4, -0.2) is 99.1 Å². The average Bonchev–Trinajstić information content (AvgIpc) is 3.25. The summed E-state index contributed by atoms with van der Waals surface area (Å²) in [5.41, 5.74) is 0. The van der Waals surface area contributed by atoms with Crippen LogP contribution >= 0.6 is 0 Å². The van der Waals surface area contributed by atoms with Crippen LogP contribution in [0.2, 0.25) is 0 Å². The lowest BCUT2D eigenvalue weighted by atomic mass is 10.1. The van der Waals surface area contributed by atoms with E-state index in [1.54, 1.807) is 0 Å². The van der Waals surface area contributed by atoms with Crippen molar-refractivity contribution in [1.29, 1.82) is 0 Å². The molecule has 2 heterocycles. The van der Waals surface area contributed by atoms with Crippen LogP contribution in [0.1, 0.15) is 52.4 Å². The van der Waals surface area contributed by atoms with E-state index in [1.807, 2.05) is 16.8 Å². The summed E-state index contributed by atoms with van der Waals surface area (Å²) in [4.78, 5) is 35.0. The number of aliphatic imine (C=N–C) groups is 1. The maximum atomic E-state index is 12.5. The second-order valence-electron chi connectivity index (χ2n) is 9.25. The van der Waals surface area contributed by atoms with E-state index in [9.17, 15) is 9.59 Å². The molecule has 2 amide bonds. The molecule has 2 rings (SSSR count). The average molecular weight is 438 g/mol. The molecule has 0 bridgehead atoms. The Bertz CT molecular complexity index is 582. The summed E-state index contributed by atoms with van der Waals surface area (Å²) in [7, 11) is 3.89. The van der Waals surface area contributed by atoms with E-state index in [4.69, 9.17) is 4.74 Å². The topological polar surface area (TPSA) is 77.5 Å². The van der Waals surface area contributed by atoms with E-state index in [0.717, 1.165) is 57.9 Å². The predicted octanol–water partition coefficient (Wildman–Crippen LogP) is 1.81. The molecule has 31 heavy (non-hydrogen) atoms. The molecule has 1 atom stereocenters. The molecule has 0 aromatic carbocycles. The van der Waals surface area contributed by atoms with Gasteiger partial charge in [-0.1, -0.05) is 20.3 Å². The number of nitrogens with zero attached hydrogens (tertiary/aromatic N) is 4. The van der Waals surface area contributed by atoms with Gasteiger partial charge in [0, 0.05) is 78.7 Å². The van der Waals surface area contributed by atoms with E-state index in [-0.39, 0.29) is 11.8 Å². The molecule has 0 aromatic rings. The summed E-state index contributed by atoms with van der Waals surface area (Å²) >= 11 is 0. The highest BCUT2D eigenvalue weighted by Crippen LogP contribution is 2.13. The van der Waals surface area contributed by atoms with Crippen LogP contribution in [0.15, 0.2) is 4.99 Å². The molecule has 2 saturated heterocycles. The molecule has 2 fully saturated rings. The van der Waals surface area contributed by atoms with E-state index in [1.165, 1.54) is 0 Å². The van der Waals surface area contributed by atoms with Crippen LogP contribution in [0.3, 0.4) is 0 Å². The Hall–Kier alpha value is -1.83. The first-order valence-corrected chi connectivity index (χ1v) is 12.0. The fraction of sp³-hybridized carbons (Fsp3) is 0.870. The molecule has 8 heteroatoms. The molecule has 2 aliphatic rings. The van der Waals surface area contributed by atoms with Gasteiger partial charge in [0.15, 0.2) is 5.96 Å². The Balaban J connectivity index is 1.54. The fourth-order valence-corrected chi connectivity index (χ4v) is 4.21. The van der Waals surface area contributed by atoms with Crippen LogP contribution in [0, 0.1) is 11.8 Å². The minimum Gasteiger partial charge on any atom is -0.381 e. The van der Waals surface area contributed by atoms with Crippen molar-refractivity contribution in [3.63, 3.8) is 0 Å². The first kappa shape index (κ1) is 25.4. The lowest BCUT2D eigenvalue weighted by molar-refractivity contribution is -0.140. The number of carbonyl (C=O) groups excluding carboxylic acids is 2. The standard InChI is InChI=1S/C23H43N5O3/c1-19(2)16-22(30)28-13-11-27(12-14-28)21(29)8-6-5-7-10-25-23(24-3)26(4)17-20-9-15-31-18-20/h19-20H,5-18H2,1-4H3,(H,24,25). The van der Waals surface area contributed by atoms with Crippen LogP contribution in [0.4, 0.5) is 0 Å². The molecule has 8 nitrogen and oxygen atoms in total. The van der Waals surface area contributed by atoms with Crippen LogP contribution in [0.25, 0.3) is 0 Å². The van der Waals surface area contributed by atoms with Gasteiger partial charge in [-0.05, 0) is 25.2 Å². The van der Waals surface area contributed by atoms with Crippen molar-refractivity contribution in [2.45, 2.75) is 52.4 Å². The molecule has 2 aliphatic heterocycles. The first-order chi connectivity index (χ1) is 14.9. The Labute approximate surface area is 188 Å². The third-order valence-electron chi connectivity index (χ3n) is 6.05. The third-order valence-corrected chi connectivity index (χ3v) is 6.05. The monoisotopic (exact) mass is 437 g/mol. The smallest absolute Gasteiger partial charge is 0.222 e. The van der Waals surface area contributed by atoms with Crippen molar-refractivity contribution < 1.29 is 14.3 Å². The number of rotatable bonds is 10. The first-order valence-electron chi connectivity index (χ1n) is 12.0. The number of guanidine groups is 1. The lowest BCUT2D eigenvalue weighted by Crippen LogP contribution is -2.50. The number of amides is 2. The maximum absolute atomic E-state index is 12.5. The van der Waals surface area contributed by atoms with Crippen LogP contribution < -0.4 is 5.32 Å². The number of unbranched alkanes of at least 4 members (excludes halogenated alkanes) is 2.